The summed E-state index contributed by atoms with van der Waals surface area (Å²) >= 11 is 0. The Labute approximate surface area is 242 Å². The lowest BCUT2D eigenvalue weighted by Crippen LogP contribution is -2.54. The molecule has 1 aromatic heterocycles. The van der Waals surface area contributed by atoms with Gasteiger partial charge < -0.3 is 30.4 Å². The molecule has 1 fully saturated rings. The van der Waals surface area contributed by atoms with Crippen LogP contribution in [0.4, 0.5) is 26.3 Å². The van der Waals surface area contributed by atoms with Crippen LogP contribution < -0.4 is 20.7 Å². The summed E-state index contributed by atoms with van der Waals surface area (Å²) in [7, 11) is 1.45. The Morgan fingerprint density at radius 2 is 1.72 bits per heavy atom. The molecule has 2 heterocycles. The molecule has 10 nitrogen and oxygen atoms in total. The van der Waals surface area contributed by atoms with E-state index in [9.17, 15) is 45.5 Å². The summed E-state index contributed by atoms with van der Waals surface area (Å²) in [4.78, 5) is 54.3. The number of Topliss-reactive ketones (excluding diaryl/α,β-unsaturated/α-hetero) is 1. The molecule has 0 unspecified atom stereocenters. The van der Waals surface area contributed by atoms with E-state index < -0.39 is 73.0 Å². The Morgan fingerprint density at radius 3 is 2.28 bits per heavy atom. The third-order valence-corrected chi connectivity index (χ3v) is 6.79. The first-order chi connectivity index (χ1) is 20.0. The van der Waals surface area contributed by atoms with Crippen LogP contribution in [0.5, 0.6) is 5.75 Å². The van der Waals surface area contributed by atoms with Crippen molar-refractivity contribution < 1.29 is 55.0 Å². The number of benzene rings is 1. The average molecular weight is 623 g/mol. The van der Waals surface area contributed by atoms with Crippen molar-refractivity contribution in [2.75, 3.05) is 20.3 Å². The van der Waals surface area contributed by atoms with E-state index in [4.69, 9.17) is 4.74 Å². The number of methoxy groups -OCH3 is 1. The van der Waals surface area contributed by atoms with Crippen molar-refractivity contribution in [1.82, 2.24) is 20.9 Å². The van der Waals surface area contributed by atoms with Gasteiger partial charge in [0.1, 0.15) is 24.1 Å². The fraction of sp³-hybridized carbons (Fsp3) is 0.556. The molecule has 3 rings (SSSR count). The van der Waals surface area contributed by atoms with Crippen LogP contribution in [0.15, 0.2) is 24.3 Å². The number of fused-ring (bicyclic) bond motifs is 1. The molecule has 1 saturated heterocycles. The third-order valence-electron chi connectivity index (χ3n) is 6.79. The number of hydrogen-bond acceptors (Lipinski definition) is 6. The van der Waals surface area contributed by atoms with Gasteiger partial charge >= 0.3 is 12.4 Å². The average Bonchev–Trinajstić information content (AvgIpc) is 3.51. The molecule has 1 aliphatic heterocycles. The van der Waals surface area contributed by atoms with E-state index in [1.54, 1.807) is 32.0 Å². The van der Waals surface area contributed by atoms with Crippen LogP contribution in [-0.4, -0.2) is 79.3 Å². The summed E-state index contributed by atoms with van der Waals surface area (Å²) < 4.78 is 86.8. The van der Waals surface area contributed by atoms with Crippen molar-refractivity contribution in [3.05, 3.63) is 30.0 Å². The van der Waals surface area contributed by atoms with Gasteiger partial charge in [-0.1, -0.05) is 19.9 Å². The Bertz CT molecular complexity index is 1310. The normalized spacial score (nSPS) is 17.2. The monoisotopic (exact) mass is 622 g/mol. The SMILES string of the molecule is COc1cccc2[nH]c(C(=O)N[C@@H](CC(C)C)C(=O)N[C@@H](C[C@@H]3CCNC3=O)C(=O)COC(C(F)(F)F)C(F)(F)F)cc12. The van der Waals surface area contributed by atoms with Crippen molar-refractivity contribution >= 4 is 34.4 Å². The lowest BCUT2D eigenvalue weighted by atomic mass is 9.95. The lowest BCUT2D eigenvalue weighted by Gasteiger charge is -2.26. The number of halogens is 6. The van der Waals surface area contributed by atoms with Crippen LogP contribution >= 0.6 is 0 Å². The number of carbonyl (C=O) groups is 4. The predicted octanol–water partition coefficient (Wildman–Crippen LogP) is 3.41. The maximum Gasteiger partial charge on any atom is 0.423 e. The highest BCUT2D eigenvalue weighted by Gasteiger charge is 2.58. The molecule has 3 amide bonds. The predicted molar refractivity (Wildman–Crippen MR) is 140 cm³/mol. The minimum Gasteiger partial charge on any atom is -0.496 e. The molecule has 0 saturated carbocycles. The molecule has 0 aliphatic carbocycles. The van der Waals surface area contributed by atoms with Crippen molar-refractivity contribution in [1.29, 1.82) is 0 Å². The molecule has 16 heteroatoms. The lowest BCUT2D eigenvalue weighted by molar-refractivity contribution is -0.319. The maximum atomic E-state index is 13.3. The second-order valence-electron chi connectivity index (χ2n) is 10.6. The number of ketones is 1. The molecule has 1 aromatic carbocycles. The Morgan fingerprint density at radius 1 is 1.05 bits per heavy atom. The van der Waals surface area contributed by atoms with Gasteiger partial charge in [-0.05, 0) is 43.4 Å². The quantitative estimate of drug-likeness (QED) is 0.253. The molecule has 2 aromatic rings. The van der Waals surface area contributed by atoms with Gasteiger partial charge in [0.15, 0.2) is 5.78 Å². The Balaban J connectivity index is 1.80. The first-order valence-electron chi connectivity index (χ1n) is 13.3. The van der Waals surface area contributed by atoms with Gasteiger partial charge in [-0.15, -0.1) is 0 Å². The maximum absolute atomic E-state index is 13.3. The summed E-state index contributed by atoms with van der Waals surface area (Å²) in [6.07, 6.45) is -16.0. The van der Waals surface area contributed by atoms with Crippen molar-refractivity contribution in [2.45, 2.75) is 63.7 Å². The Kier molecular flexibility index (Phi) is 10.7. The number of rotatable bonds is 13. The van der Waals surface area contributed by atoms with Crippen LogP contribution in [0.2, 0.25) is 0 Å². The van der Waals surface area contributed by atoms with Crippen LogP contribution in [0.25, 0.3) is 10.9 Å². The van der Waals surface area contributed by atoms with Gasteiger partial charge in [-0.2, -0.15) is 26.3 Å². The fourth-order valence-electron chi connectivity index (χ4n) is 4.70. The topological polar surface area (TPSA) is 139 Å². The van der Waals surface area contributed by atoms with Gasteiger partial charge in [-0.3, -0.25) is 19.2 Å². The number of nitrogens with one attached hydrogen (secondary N) is 4. The second-order valence-corrected chi connectivity index (χ2v) is 10.6. The van der Waals surface area contributed by atoms with Crippen molar-refractivity contribution in [2.24, 2.45) is 11.8 Å². The van der Waals surface area contributed by atoms with Crippen molar-refractivity contribution in [3.8, 4) is 5.75 Å². The molecule has 0 bridgehead atoms. The van der Waals surface area contributed by atoms with Gasteiger partial charge in [-0.25, -0.2) is 0 Å². The van der Waals surface area contributed by atoms with Crippen LogP contribution in [0.3, 0.4) is 0 Å². The van der Waals surface area contributed by atoms with E-state index in [-0.39, 0.29) is 31.0 Å². The van der Waals surface area contributed by atoms with Crippen molar-refractivity contribution in [3.63, 3.8) is 0 Å². The molecule has 238 valence electrons. The first kappa shape index (κ1) is 33.7. The minimum absolute atomic E-state index is 0.0622. The highest BCUT2D eigenvalue weighted by molar-refractivity contribution is 6.02. The smallest absolute Gasteiger partial charge is 0.423 e. The number of aromatic amines is 1. The number of hydrogen-bond donors (Lipinski definition) is 4. The largest absolute Gasteiger partial charge is 0.496 e. The summed E-state index contributed by atoms with van der Waals surface area (Å²) in [6.45, 7) is 2.09. The molecule has 4 N–H and O–H groups in total. The number of alkyl halides is 6. The number of aromatic nitrogens is 1. The summed E-state index contributed by atoms with van der Waals surface area (Å²) in [5.74, 6) is -3.93. The van der Waals surface area contributed by atoms with E-state index in [1.165, 1.54) is 13.2 Å². The zero-order valence-corrected chi connectivity index (χ0v) is 23.4. The van der Waals surface area contributed by atoms with Crippen LogP contribution in [0, 0.1) is 11.8 Å². The summed E-state index contributed by atoms with van der Waals surface area (Å²) in [6, 6.07) is 3.66. The molecular weight excluding hydrogens is 590 g/mol. The van der Waals surface area contributed by atoms with Crippen LogP contribution in [-0.2, 0) is 19.1 Å². The van der Waals surface area contributed by atoms with Gasteiger partial charge in [0.25, 0.3) is 5.91 Å². The summed E-state index contributed by atoms with van der Waals surface area (Å²) in [5, 5.41) is 7.98. The standard InChI is InChI=1S/C27H32F6N4O6/c1-13(2)9-18(37-24(41)19-11-15-16(35-19)5-4-6-21(15)42-3)23(40)36-17(10-14-7-8-34-22(14)39)20(38)12-43-25(26(28,29)30)27(31,32)33/h4-6,11,13-14,17-18,25,35H,7-10,12H2,1-3H3,(H,34,39)(H,36,40)(H,37,41)/t14-,17-,18-/m0/s1. The number of H-pyrrole nitrogens is 1. The molecule has 43 heavy (non-hydrogen) atoms. The molecule has 1 aliphatic rings. The van der Waals surface area contributed by atoms with E-state index in [0.717, 1.165) is 0 Å². The number of ether oxygens (including phenoxy) is 2. The zero-order chi connectivity index (χ0) is 32.1. The highest BCUT2D eigenvalue weighted by Crippen LogP contribution is 2.35. The fourth-order valence-corrected chi connectivity index (χ4v) is 4.70. The van der Waals surface area contributed by atoms with E-state index >= 15 is 0 Å². The van der Waals surface area contributed by atoms with Gasteiger partial charge in [0.2, 0.25) is 17.9 Å². The van der Waals surface area contributed by atoms with E-state index in [1.807, 2.05) is 0 Å². The molecular formula is C27H32F6N4O6. The van der Waals surface area contributed by atoms with Gasteiger partial charge in [0, 0.05) is 23.4 Å². The zero-order valence-electron chi connectivity index (χ0n) is 23.4. The minimum atomic E-state index is -5.85. The summed E-state index contributed by atoms with van der Waals surface area (Å²) in [5.41, 5.74) is 0.654. The number of carbonyl (C=O) groups excluding carboxylic acids is 4. The molecule has 3 atom stereocenters. The third kappa shape index (κ3) is 8.84. The van der Waals surface area contributed by atoms with Crippen LogP contribution in [0.1, 0.15) is 43.6 Å². The van der Waals surface area contributed by atoms with E-state index in [2.05, 4.69) is 25.7 Å². The second kappa shape index (κ2) is 13.7. The number of amides is 3. The van der Waals surface area contributed by atoms with E-state index in [0.29, 0.717) is 16.7 Å². The first-order valence-corrected chi connectivity index (χ1v) is 13.3. The highest BCUT2D eigenvalue weighted by atomic mass is 19.4. The molecule has 0 radical (unpaired) electrons. The molecule has 0 spiro atoms. The Hall–Kier alpha value is -3.82. The van der Waals surface area contributed by atoms with Gasteiger partial charge in [0.05, 0.1) is 13.2 Å².